The summed E-state index contributed by atoms with van der Waals surface area (Å²) in [5.41, 5.74) is 5.39. The van der Waals surface area contributed by atoms with Crippen LogP contribution in [-0.2, 0) is 0 Å². The van der Waals surface area contributed by atoms with Gasteiger partial charge in [0.2, 0.25) is 0 Å². The summed E-state index contributed by atoms with van der Waals surface area (Å²) in [5.74, 6) is -0.759. The van der Waals surface area contributed by atoms with Crippen molar-refractivity contribution in [2.45, 2.75) is 32.6 Å². The van der Waals surface area contributed by atoms with Crippen molar-refractivity contribution in [3.05, 3.63) is 17.7 Å². The molecule has 0 aromatic carbocycles. The summed E-state index contributed by atoms with van der Waals surface area (Å²) < 4.78 is 26.7. The van der Waals surface area contributed by atoms with Crippen molar-refractivity contribution >= 4 is 11.6 Å². The molecular weight excluding hydrogens is 236 g/mol. The van der Waals surface area contributed by atoms with E-state index in [4.69, 9.17) is 5.73 Å². The molecule has 3 nitrogen and oxygen atoms in total. The van der Waals surface area contributed by atoms with Crippen molar-refractivity contribution in [3.63, 3.8) is 0 Å². The molecule has 0 bridgehead atoms. The van der Waals surface area contributed by atoms with Gasteiger partial charge in [0.1, 0.15) is 0 Å². The summed E-state index contributed by atoms with van der Waals surface area (Å²) in [6.07, 6.45) is 4.47. The van der Waals surface area contributed by atoms with Crippen molar-refractivity contribution in [1.82, 2.24) is 4.98 Å². The van der Waals surface area contributed by atoms with Crippen molar-refractivity contribution in [2.75, 3.05) is 23.7 Å². The molecule has 1 aromatic rings. The number of anilines is 2. The van der Waals surface area contributed by atoms with Crippen molar-refractivity contribution in [3.8, 4) is 0 Å². The van der Waals surface area contributed by atoms with E-state index in [-0.39, 0.29) is 11.6 Å². The first-order chi connectivity index (χ1) is 8.61. The summed E-state index contributed by atoms with van der Waals surface area (Å²) in [6.45, 7) is 3.70. The monoisotopic (exact) mass is 255 g/mol. The highest BCUT2D eigenvalue weighted by molar-refractivity contribution is 5.47. The average Bonchev–Trinajstić information content (AvgIpc) is 2.35. The summed E-state index contributed by atoms with van der Waals surface area (Å²) >= 11 is 0. The largest absolute Gasteiger partial charge is 0.381 e. The molecule has 2 rings (SSSR count). The minimum absolute atomic E-state index is 0.184. The zero-order valence-corrected chi connectivity index (χ0v) is 10.6. The Balaban J connectivity index is 2.07. The number of nitrogen functional groups attached to an aromatic ring is 1. The third-order valence-electron chi connectivity index (χ3n) is 3.55. The number of nitrogens with two attached hydrogens (primary N) is 1. The Morgan fingerprint density at radius 2 is 2.00 bits per heavy atom. The lowest BCUT2D eigenvalue weighted by Crippen LogP contribution is -2.35. The van der Waals surface area contributed by atoms with Gasteiger partial charge in [-0.2, -0.15) is 0 Å². The van der Waals surface area contributed by atoms with Gasteiger partial charge in [0.25, 0.3) is 0 Å². The van der Waals surface area contributed by atoms with E-state index >= 15 is 0 Å². The molecule has 1 saturated heterocycles. The Morgan fingerprint density at radius 1 is 1.33 bits per heavy atom. The molecule has 0 atom stereocenters. The van der Waals surface area contributed by atoms with E-state index in [0.717, 1.165) is 32.0 Å². The van der Waals surface area contributed by atoms with Gasteiger partial charge in [-0.3, -0.25) is 0 Å². The molecule has 1 fully saturated rings. The third kappa shape index (κ3) is 2.71. The number of pyridine rings is 1. The molecular formula is C13H19F2N3. The Hall–Kier alpha value is -1.39. The lowest BCUT2D eigenvalue weighted by atomic mass is 9.92. The number of nitrogens with zero attached hydrogens (tertiary/aromatic N) is 2. The van der Waals surface area contributed by atoms with Gasteiger partial charge >= 0.3 is 0 Å². The zero-order valence-electron chi connectivity index (χ0n) is 10.6. The highest BCUT2D eigenvalue weighted by Crippen LogP contribution is 2.27. The Morgan fingerprint density at radius 3 is 2.61 bits per heavy atom. The standard InChI is InChI=1S/C13H19F2N3/c1-2-3-9-4-6-18(7-5-9)13-11(15)8-10(14)12(16)17-13/h8-9H,2-7H2,1H3,(H2,16,17). The first-order valence-electron chi connectivity index (χ1n) is 6.48. The minimum atomic E-state index is -0.794. The average molecular weight is 255 g/mol. The van der Waals surface area contributed by atoms with Crippen LogP contribution in [0.3, 0.4) is 0 Å². The molecule has 100 valence electrons. The summed E-state index contributed by atoms with van der Waals surface area (Å²) in [5, 5.41) is 0. The van der Waals surface area contributed by atoms with Gasteiger partial charge in [-0.15, -0.1) is 0 Å². The summed E-state index contributed by atoms with van der Waals surface area (Å²) in [4.78, 5) is 5.68. The zero-order chi connectivity index (χ0) is 13.1. The Bertz CT molecular complexity index is 415. The van der Waals surface area contributed by atoms with Crippen molar-refractivity contribution in [1.29, 1.82) is 0 Å². The van der Waals surface area contributed by atoms with E-state index in [1.165, 1.54) is 12.8 Å². The van der Waals surface area contributed by atoms with Gasteiger partial charge in [-0.05, 0) is 18.8 Å². The molecule has 2 heterocycles. The smallest absolute Gasteiger partial charge is 0.168 e. The van der Waals surface area contributed by atoms with E-state index in [0.29, 0.717) is 5.92 Å². The van der Waals surface area contributed by atoms with Gasteiger partial charge in [0.05, 0.1) is 0 Å². The predicted octanol–water partition coefficient (Wildman–Crippen LogP) is 2.96. The van der Waals surface area contributed by atoms with E-state index < -0.39 is 11.6 Å². The van der Waals surface area contributed by atoms with Gasteiger partial charge in [-0.1, -0.05) is 19.8 Å². The van der Waals surface area contributed by atoms with Gasteiger partial charge in [0, 0.05) is 19.2 Å². The minimum Gasteiger partial charge on any atom is -0.381 e. The maximum atomic E-state index is 13.7. The van der Waals surface area contributed by atoms with Crippen molar-refractivity contribution < 1.29 is 8.78 Å². The second kappa shape index (κ2) is 5.50. The van der Waals surface area contributed by atoms with Crippen LogP contribution < -0.4 is 10.6 Å². The van der Waals surface area contributed by atoms with E-state index in [2.05, 4.69) is 11.9 Å². The van der Waals surface area contributed by atoms with Crippen LogP contribution in [0, 0.1) is 17.6 Å². The lowest BCUT2D eigenvalue weighted by molar-refractivity contribution is 0.375. The fourth-order valence-corrected chi connectivity index (χ4v) is 2.53. The van der Waals surface area contributed by atoms with Crippen LogP contribution in [0.4, 0.5) is 20.4 Å². The maximum absolute atomic E-state index is 13.7. The van der Waals surface area contributed by atoms with Gasteiger partial charge < -0.3 is 10.6 Å². The predicted molar refractivity (Wildman–Crippen MR) is 68.4 cm³/mol. The molecule has 1 aliphatic heterocycles. The van der Waals surface area contributed by atoms with Gasteiger partial charge in [0.15, 0.2) is 23.3 Å². The molecule has 0 radical (unpaired) electrons. The first kappa shape index (κ1) is 13.1. The molecule has 5 heteroatoms. The van der Waals surface area contributed by atoms with Gasteiger partial charge in [-0.25, -0.2) is 13.8 Å². The molecule has 0 spiro atoms. The first-order valence-corrected chi connectivity index (χ1v) is 6.48. The van der Waals surface area contributed by atoms with Crippen LogP contribution in [0.15, 0.2) is 6.07 Å². The molecule has 18 heavy (non-hydrogen) atoms. The van der Waals surface area contributed by atoms with E-state index in [9.17, 15) is 8.78 Å². The normalized spacial score (nSPS) is 17.2. The fraction of sp³-hybridized carbons (Fsp3) is 0.615. The quantitative estimate of drug-likeness (QED) is 0.903. The number of rotatable bonds is 3. The maximum Gasteiger partial charge on any atom is 0.168 e. The summed E-state index contributed by atoms with van der Waals surface area (Å²) in [6, 6.07) is 0.815. The van der Waals surface area contributed by atoms with E-state index in [1.807, 2.05) is 4.90 Å². The number of aromatic nitrogens is 1. The fourth-order valence-electron chi connectivity index (χ4n) is 2.53. The molecule has 0 amide bonds. The third-order valence-corrected chi connectivity index (χ3v) is 3.55. The number of halogens is 2. The molecule has 0 aliphatic carbocycles. The van der Waals surface area contributed by atoms with Crippen LogP contribution in [0.25, 0.3) is 0 Å². The molecule has 1 aliphatic rings. The van der Waals surface area contributed by atoms with Crippen LogP contribution in [0.5, 0.6) is 0 Å². The number of hydrogen-bond donors (Lipinski definition) is 1. The topological polar surface area (TPSA) is 42.2 Å². The summed E-state index contributed by atoms with van der Waals surface area (Å²) in [7, 11) is 0. The van der Waals surface area contributed by atoms with Crippen LogP contribution in [0.1, 0.15) is 32.6 Å². The Kier molecular flexibility index (Phi) is 3.99. The lowest BCUT2D eigenvalue weighted by Gasteiger charge is -2.32. The SMILES string of the molecule is CCCC1CCN(c2nc(N)c(F)cc2F)CC1. The number of hydrogen-bond acceptors (Lipinski definition) is 3. The number of piperidine rings is 1. The van der Waals surface area contributed by atoms with E-state index in [1.54, 1.807) is 0 Å². The second-order valence-corrected chi connectivity index (χ2v) is 4.88. The molecule has 0 unspecified atom stereocenters. The highest BCUT2D eigenvalue weighted by Gasteiger charge is 2.22. The Labute approximate surface area is 106 Å². The highest BCUT2D eigenvalue weighted by atomic mass is 19.1. The van der Waals surface area contributed by atoms with Crippen molar-refractivity contribution in [2.24, 2.45) is 5.92 Å². The van der Waals surface area contributed by atoms with Crippen LogP contribution in [-0.4, -0.2) is 18.1 Å². The second-order valence-electron chi connectivity index (χ2n) is 4.88. The molecule has 0 saturated carbocycles. The molecule has 2 N–H and O–H groups in total. The molecule has 1 aromatic heterocycles. The van der Waals surface area contributed by atoms with Crippen LogP contribution in [0.2, 0.25) is 0 Å². The van der Waals surface area contributed by atoms with Crippen LogP contribution >= 0.6 is 0 Å².